The number of anilines is 2. The van der Waals surface area contributed by atoms with Crippen molar-refractivity contribution in [2.45, 2.75) is 31.6 Å². The van der Waals surface area contributed by atoms with E-state index in [2.05, 4.69) is 9.97 Å². The van der Waals surface area contributed by atoms with Crippen molar-refractivity contribution < 1.29 is 9.84 Å². The van der Waals surface area contributed by atoms with E-state index in [4.69, 9.17) is 15.6 Å². The van der Waals surface area contributed by atoms with Crippen LogP contribution in [0.25, 0.3) is 0 Å². The molecule has 2 aliphatic rings. The van der Waals surface area contributed by atoms with E-state index in [0.29, 0.717) is 24.3 Å². The first-order valence-corrected chi connectivity index (χ1v) is 6.10. The summed E-state index contributed by atoms with van der Waals surface area (Å²) in [7, 11) is 0. The van der Waals surface area contributed by atoms with Gasteiger partial charge in [-0.3, -0.25) is 9.78 Å². The first kappa shape index (κ1) is 11.5. The number of fused-ring (bicyclic) bond motifs is 1. The average Bonchev–Trinajstić information content (AvgIpc) is 2.93. The lowest BCUT2D eigenvalue weighted by atomic mass is 10.2. The third-order valence-corrected chi connectivity index (χ3v) is 3.52. The maximum Gasteiger partial charge on any atom is 0.257 e. The highest BCUT2D eigenvalue weighted by atomic mass is 16.5. The molecule has 18 heavy (non-hydrogen) atoms. The number of aromatic nitrogens is 2. The quantitative estimate of drug-likeness (QED) is 0.637. The van der Waals surface area contributed by atoms with Crippen molar-refractivity contribution in [1.29, 1.82) is 0 Å². The fourth-order valence-electron chi connectivity index (χ4n) is 2.63. The number of nitrogen functional groups attached to an aromatic ring is 1. The number of H-pyrrole nitrogens is 1. The van der Waals surface area contributed by atoms with Crippen molar-refractivity contribution in [3.63, 3.8) is 0 Å². The molecule has 3 heterocycles. The molecule has 2 aliphatic heterocycles. The molecule has 7 nitrogen and oxygen atoms in total. The minimum Gasteiger partial charge on any atom is -0.394 e. The van der Waals surface area contributed by atoms with E-state index in [9.17, 15) is 4.79 Å². The Bertz CT molecular complexity index is 516. The standard InChI is InChI=1S/C11H16N4O3/c12-11-13-9-7(10(17)14-11)3-4-15(9)8-2-1-6(5-16)18-8/h6,8,16H,1-5H2,(H3,12,13,14,17). The highest BCUT2D eigenvalue weighted by Crippen LogP contribution is 2.31. The van der Waals surface area contributed by atoms with Crippen molar-refractivity contribution in [3.05, 3.63) is 15.9 Å². The van der Waals surface area contributed by atoms with E-state index in [0.717, 1.165) is 12.8 Å². The summed E-state index contributed by atoms with van der Waals surface area (Å²) < 4.78 is 5.71. The molecule has 0 saturated carbocycles. The van der Waals surface area contributed by atoms with Crippen molar-refractivity contribution in [2.75, 3.05) is 23.8 Å². The van der Waals surface area contributed by atoms with Crippen LogP contribution in [-0.2, 0) is 11.2 Å². The lowest BCUT2D eigenvalue weighted by Crippen LogP contribution is -2.35. The van der Waals surface area contributed by atoms with Crippen LogP contribution in [0.3, 0.4) is 0 Å². The summed E-state index contributed by atoms with van der Waals surface area (Å²) >= 11 is 0. The summed E-state index contributed by atoms with van der Waals surface area (Å²) in [6.07, 6.45) is 2.09. The van der Waals surface area contributed by atoms with Gasteiger partial charge in [0.05, 0.1) is 18.3 Å². The molecule has 1 aromatic rings. The second-order valence-corrected chi connectivity index (χ2v) is 4.67. The number of hydrogen-bond donors (Lipinski definition) is 3. The van der Waals surface area contributed by atoms with Crippen LogP contribution in [0.2, 0.25) is 0 Å². The van der Waals surface area contributed by atoms with Gasteiger partial charge < -0.3 is 20.5 Å². The molecule has 4 N–H and O–H groups in total. The zero-order valence-corrected chi connectivity index (χ0v) is 9.93. The normalized spacial score (nSPS) is 26.6. The van der Waals surface area contributed by atoms with E-state index in [-0.39, 0.29) is 30.4 Å². The van der Waals surface area contributed by atoms with Gasteiger partial charge in [-0.05, 0) is 19.3 Å². The first-order valence-electron chi connectivity index (χ1n) is 6.10. The predicted molar refractivity (Wildman–Crippen MR) is 65.3 cm³/mol. The Hall–Kier alpha value is -1.60. The maximum absolute atomic E-state index is 11.7. The number of rotatable bonds is 2. The summed E-state index contributed by atoms with van der Waals surface area (Å²) in [5, 5.41) is 9.08. The SMILES string of the molecule is Nc1nc2c(c(=O)[nH]1)CCN2C1CCC(CO)O1. The van der Waals surface area contributed by atoms with Crippen LogP contribution in [0.4, 0.5) is 11.8 Å². The summed E-state index contributed by atoms with van der Waals surface area (Å²) in [5.41, 5.74) is 6.07. The number of aliphatic hydroxyl groups excluding tert-OH is 1. The van der Waals surface area contributed by atoms with Crippen molar-refractivity contribution in [3.8, 4) is 0 Å². The van der Waals surface area contributed by atoms with Crippen LogP contribution < -0.4 is 16.2 Å². The number of ether oxygens (including phenoxy) is 1. The smallest absolute Gasteiger partial charge is 0.257 e. The maximum atomic E-state index is 11.7. The van der Waals surface area contributed by atoms with Crippen LogP contribution in [0.5, 0.6) is 0 Å². The molecule has 2 atom stereocenters. The number of nitrogens with two attached hydrogens (primary N) is 1. The molecule has 0 aliphatic carbocycles. The Morgan fingerprint density at radius 3 is 3.11 bits per heavy atom. The minimum atomic E-state index is -0.170. The van der Waals surface area contributed by atoms with Crippen LogP contribution in [0.15, 0.2) is 4.79 Å². The third-order valence-electron chi connectivity index (χ3n) is 3.52. The number of aromatic amines is 1. The number of nitrogens with zero attached hydrogens (tertiary/aromatic N) is 2. The Morgan fingerprint density at radius 2 is 2.39 bits per heavy atom. The van der Waals surface area contributed by atoms with Gasteiger partial charge >= 0.3 is 0 Å². The molecule has 0 amide bonds. The van der Waals surface area contributed by atoms with Crippen molar-refractivity contribution >= 4 is 11.8 Å². The molecule has 0 radical (unpaired) electrons. The Morgan fingerprint density at radius 1 is 1.56 bits per heavy atom. The summed E-state index contributed by atoms with van der Waals surface area (Å²) in [6, 6.07) is 0. The largest absolute Gasteiger partial charge is 0.394 e. The molecule has 0 aromatic carbocycles. The minimum absolute atomic E-state index is 0.0299. The van der Waals surface area contributed by atoms with Gasteiger partial charge in [-0.2, -0.15) is 4.98 Å². The molecule has 1 saturated heterocycles. The summed E-state index contributed by atoms with van der Waals surface area (Å²) in [5.74, 6) is 0.752. The topological polar surface area (TPSA) is 104 Å². The van der Waals surface area contributed by atoms with E-state index >= 15 is 0 Å². The monoisotopic (exact) mass is 252 g/mol. The molecule has 98 valence electrons. The third kappa shape index (κ3) is 1.75. The van der Waals surface area contributed by atoms with Crippen LogP contribution in [0.1, 0.15) is 18.4 Å². The molecular weight excluding hydrogens is 236 g/mol. The fourth-order valence-corrected chi connectivity index (χ4v) is 2.63. The van der Waals surface area contributed by atoms with Gasteiger partial charge in [0.2, 0.25) is 5.95 Å². The summed E-state index contributed by atoms with van der Waals surface area (Å²) in [4.78, 5) is 20.4. The number of nitrogens with one attached hydrogen (secondary N) is 1. The molecular formula is C11H16N4O3. The zero-order chi connectivity index (χ0) is 12.7. The molecule has 0 bridgehead atoms. The second kappa shape index (κ2) is 4.25. The van der Waals surface area contributed by atoms with Crippen molar-refractivity contribution in [1.82, 2.24) is 9.97 Å². The Labute approximate surface area is 104 Å². The molecule has 1 fully saturated rings. The molecule has 0 spiro atoms. The van der Waals surface area contributed by atoms with Crippen LogP contribution in [-0.4, -0.2) is 40.6 Å². The first-order chi connectivity index (χ1) is 8.69. The van der Waals surface area contributed by atoms with E-state index < -0.39 is 0 Å². The highest BCUT2D eigenvalue weighted by Gasteiger charge is 2.35. The lowest BCUT2D eigenvalue weighted by Gasteiger charge is -2.25. The van der Waals surface area contributed by atoms with E-state index in [1.165, 1.54) is 0 Å². The number of hydrogen-bond acceptors (Lipinski definition) is 6. The Balaban J connectivity index is 1.89. The molecule has 2 unspecified atom stereocenters. The lowest BCUT2D eigenvalue weighted by molar-refractivity contribution is 0.0112. The number of aliphatic hydroxyl groups is 1. The van der Waals surface area contributed by atoms with Gasteiger partial charge in [-0.15, -0.1) is 0 Å². The van der Waals surface area contributed by atoms with E-state index in [1.54, 1.807) is 0 Å². The van der Waals surface area contributed by atoms with E-state index in [1.807, 2.05) is 4.90 Å². The highest BCUT2D eigenvalue weighted by molar-refractivity contribution is 5.53. The van der Waals surface area contributed by atoms with Crippen LogP contribution in [0, 0.1) is 0 Å². The molecule has 1 aromatic heterocycles. The molecule has 7 heteroatoms. The molecule has 3 rings (SSSR count). The van der Waals surface area contributed by atoms with Gasteiger partial charge in [0.25, 0.3) is 5.56 Å². The fraction of sp³-hybridized carbons (Fsp3) is 0.636. The Kier molecular flexibility index (Phi) is 2.71. The van der Waals surface area contributed by atoms with Gasteiger partial charge in [-0.1, -0.05) is 0 Å². The van der Waals surface area contributed by atoms with Crippen molar-refractivity contribution in [2.24, 2.45) is 0 Å². The van der Waals surface area contributed by atoms with Gasteiger partial charge in [0.15, 0.2) is 0 Å². The van der Waals surface area contributed by atoms with Gasteiger partial charge in [0.1, 0.15) is 12.0 Å². The average molecular weight is 252 g/mol. The van der Waals surface area contributed by atoms with Gasteiger partial charge in [-0.25, -0.2) is 0 Å². The zero-order valence-electron chi connectivity index (χ0n) is 9.93. The summed E-state index contributed by atoms with van der Waals surface area (Å²) in [6.45, 7) is 0.736. The van der Waals surface area contributed by atoms with Crippen LogP contribution >= 0.6 is 0 Å². The predicted octanol–water partition coefficient (Wildman–Crippen LogP) is -0.788. The van der Waals surface area contributed by atoms with Gasteiger partial charge in [0, 0.05) is 6.54 Å². The second-order valence-electron chi connectivity index (χ2n) is 4.67.